The lowest BCUT2D eigenvalue weighted by Crippen LogP contribution is -2.34. The minimum atomic E-state index is -1.17. The average molecular weight is 242 g/mol. The van der Waals surface area contributed by atoms with Gasteiger partial charge in [0.15, 0.2) is 0 Å². The molecular weight excluding hydrogens is 220 g/mol. The van der Waals surface area contributed by atoms with Gasteiger partial charge in [0, 0.05) is 5.54 Å². The first kappa shape index (κ1) is 12.4. The number of benzene rings is 1. The predicted octanol–water partition coefficient (Wildman–Crippen LogP) is 5.13. The molecule has 0 saturated carbocycles. The summed E-state index contributed by atoms with van der Waals surface area (Å²) in [5.74, 6) is 0. The molecule has 1 unspecified atom stereocenters. The highest BCUT2D eigenvalue weighted by Gasteiger charge is 2.38. The van der Waals surface area contributed by atoms with Gasteiger partial charge in [-0.25, -0.2) is 0 Å². The Hall–Kier alpha value is -1.08. The molecule has 0 spiro atoms. The van der Waals surface area contributed by atoms with Crippen molar-refractivity contribution in [3.8, 4) is 0 Å². The molecule has 2 rings (SSSR count). The van der Waals surface area contributed by atoms with Gasteiger partial charge in [-0.2, -0.15) is 0 Å². The summed E-state index contributed by atoms with van der Waals surface area (Å²) < 4.78 is 0. The van der Waals surface area contributed by atoms with Gasteiger partial charge in [0.05, 0.1) is 8.07 Å². The van der Waals surface area contributed by atoms with Gasteiger partial charge >= 0.3 is 0 Å². The Morgan fingerprint density at radius 1 is 1.00 bits per heavy atom. The Kier molecular flexibility index (Phi) is 3.13. The fourth-order valence-corrected chi connectivity index (χ4v) is 5.14. The Morgan fingerprint density at radius 3 is 2.06 bits per heavy atom. The van der Waals surface area contributed by atoms with E-state index >= 15 is 0 Å². The van der Waals surface area contributed by atoms with Crippen LogP contribution in [0.1, 0.15) is 19.4 Å². The van der Waals surface area contributed by atoms with Crippen LogP contribution < -0.4 is 0 Å². The van der Waals surface area contributed by atoms with Crippen LogP contribution in [0.4, 0.5) is 0 Å². The fraction of sp³-hybridized carbons (Fsp3) is 0.375. The van der Waals surface area contributed by atoms with Crippen LogP contribution >= 0.6 is 0 Å². The summed E-state index contributed by atoms with van der Waals surface area (Å²) in [6.07, 6.45) is 2.40. The molecule has 0 amide bonds. The SMILES string of the molecule is CC(C)=C1C=C(c2ccccc2)C1[Si](C)(C)C. The largest absolute Gasteiger partial charge is 0.0729 e. The van der Waals surface area contributed by atoms with Gasteiger partial charge in [0.1, 0.15) is 0 Å². The van der Waals surface area contributed by atoms with Crippen molar-refractivity contribution in [2.24, 2.45) is 0 Å². The third kappa shape index (κ3) is 2.30. The summed E-state index contributed by atoms with van der Waals surface area (Å²) in [7, 11) is -1.17. The second-order valence-electron chi connectivity index (χ2n) is 6.22. The zero-order valence-electron chi connectivity index (χ0n) is 11.5. The lowest BCUT2D eigenvalue weighted by atomic mass is 9.84. The molecule has 1 aliphatic carbocycles. The van der Waals surface area contributed by atoms with E-state index < -0.39 is 8.07 Å². The van der Waals surface area contributed by atoms with E-state index in [-0.39, 0.29) is 0 Å². The van der Waals surface area contributed by atoms with Crippen LogP contribution in [0, 0.1) is 0 Å². The van der Waals surface area contributed by atoms with Gasteiger partial charge < -0.3 is 0 Å². The third-order valence-electron chi connectivity index (χ3n) is 3.48. The topological polar surface area (TPSA) is 0 Å². The maximum Gasteiger partial charge on any atom is 0.0573 e. The molecule has 0 heterocycles. The molecule has 0 N–H and O–H groups in total. The average Bonchev–Trinajstić information content (AvgIpc) is 2.14. The minimum Gasteiger partial charge on any atom is -0.0729 e. The van der Waals surface area contributed by atoms with E-state index in [2.05, 4.69) is 69.9 Å². The number of hydrogen-bond donors (Lipinski definition) is 0. The first-order valence-corrected chi connectivity index (χ1v) is 9.93. The molecule has 0 radical (unpaired) electrons. The van der Waals surface area contributed by atoms with Crippen molar-refractivity contribution in [3.63, 3.8) is 0 Å². The van der Waals surface area contributed by atoms with Crippen LogP contribution in [0.15, 0.2) is 47.6 Å². The van der Waals surface area contributed by atoms with Gasteiger partial charge in [0.25, 0.3) is 0 Å². The molecule has 1 aromatic rings. The highest BCUT2D eigenvalue weighted by molar-refractivity contribution is 6.80. The van der Waals surface area contributed by atoms with Crippen molar-refractivity contribution in [3.05, 3.63) is 53.1 Å². The van der Waals surface area contributed by atoms with E-state index in [0.717, 1.165) is 5.54 Å². The number of rotatable bonds is 2. The standard InChI is InChI=1S/C16H22Si/c1-12(2)14-11-15(16(14)17(3,4)5)13-9-7-6-8-10-13/h6-11,16H,1-5H3. The van der Waals surface area contributed by atoms with E-state index in [0.29, 0.717) is 0 Å². The summed E-state index contributed by atoms with van der Waals surface area (Å²) >= 11 is 0. The fourth-order valence-electron chi connectivity index (χ4n) is 2.65. The second-order valence-corrected chi connectivity index (χ2v) is 11.5. The van der Waals surface area contributed by atoms with Gasteiger partial charge in [-0.1, -0.05) is 61.6 Å². The van der Waals surface area contributed by atoms with Crippen LogP contribution in [0.25, 0.3) is 5.57 Å². The van der Waals surface area contributed by atoms with Crippen LogP contribution in [-0.4, -0.2) is 8.07 Å². The van der Waals surface area contributed by atoms with Gasteiger partial charge in [0.2, 0.25) is 0 Å². The van der Waals surface area contributed by atoms with Gasteiger partial charge in [-0.05, 0) is 30.6 Å². The van der Waals surface area contributed by atoms with Crippen molar-refractivity contribution >= 4 is 13.6 Å². The van der Waals surface area contributed by atoms with Crippen molar-refractivity contribution in [2.75, 3.05) is 0 Å². The molecule has 0 aliphatic heterocycles. The first-order valence-electron chi connectivity index (χ1n) is 6.35. The van der Waals surface area contributed by atoms with E-state index in [1.807, 2.05) is 0 Å². The van der Waals surface area contributed by atoms with Crippen LogP contribution in [0.3, 0.4) is 0 Å². The molecule has 0 fully saturated rings. The maximum absolute atomic E-state index is 2.47. The first-order chi connectivity index (χ1) is 7.91. The molecule has 1 aliphatic rings. The molecule has 1 atom stereocenters. The van der Waals surface area contributed by atoms with Crippen LogP contribution in [0.5, 0.6) is 0 Å². The smallest absolute Gasteiger partial charge is 0.0573 e. The van der Waals surface area contributed by atoms with Crippen molar-refractivity contribution < 1.29 is 0 Å². The monoisotopic (exact) mass is 242 g/mol. The normalized spacial score (nSPS) is 19.7. The lowest BCUT2D eigenvalue weighted by molar-refractivity contribution is 1.09. The lowest BCUT2D eigenvalue weighted by Gasteiger charge is -2.40. The zero-order chi connectivity index (χ0) is 12.6. The van der Waals surface area contributed by atoms with Gasteiger partial charge in [-0.3, -0.25) is 0 Å². The van der Waals surface area contributed by atoms with Crippen molar-refractivity contribution in [2.45, 2.75) is 39.0 Å². The van der Waals surface area contributed by atoms with E-state index in [1.165, 1.54) is 11.1 Å². The summed E-state index contributed by atoms with van der Waals surface area (Å²) in [6, 6.07) is 10.8. The second kappa shape index (κ2) is 4.30. The van der Waals surface area contributed by atoms with E-state index in [9.17, 15) is 0 Å². The van der Waals surface area contributed by atoms with Crippen molar-refractivity contribution in [1.29, 1.82) is 0 Å². The predicted molar refractivity (Wildman–Crippen MR) is 79.9 cm³/mol. The van der Waals surface area contributed by atoms with Crippen molar-refractivity contribution in [1.82, 2.24) is 0 Å². The summed E-state index contributed by atoms with van der Waals surface area (Å²) in [5, 5.41) is 0. The van der Waals surface area contributed by atoms with E-state index in [1.54, 1.807) is 11.1 Å². The molecule has 0 bridgehead atoms. The Bertz CT molecular complexity index is 468. The molecule has 17 heavy (non-hydrogen) atoms. The molecule has 0 saturated heterocycles. The molecule has 1 aromatic carbocycles. The van der Waals surface area contributed by atoms with Crippen LogP contribution in [0.2, 0.25) is 25.2 Å². The molecule has 0 nitrogen and oxygen atoms in total. The minimum absolute atomic E-state index is 0.717. The van der Waals surface area contributed by atoms with Crippen LogP contribution in [-0.2, 0) is 0 Å². The molecule has 0 aromatic heterocycles. The number of allylic oxidation sites excluding steroid dienone is 4. The summed E-state index contributed by atoms with van der Waals surface area (Å²) in [6.45, 7) is 11.9. The highest BCUT2D eigenvalue weighted by atomic mass is 28.3. The summed E-state index contributed by atoms with van der Waals surface area (Å²) in [4.78, 5) is 0. The Labute approximate surface area is 106 Å². The Balaban J connectivity index is 2.44. The molecular formula is C16H22Si. The maximum atomic E-state index is 2.47. The third-order valence-corrected chi connectivity index (χ3v) is 5.84. The van der Waals surface area contributed by atoms with Gasteiger partial charge in [-0.15, -0.1) is 0 Å². The summed E-state index contributed by atoms with van der Waals surface area (Å²) in [5.41, 5.74) is 6.75. The molecule has 1 heteroatoms. The molecule has 90 valence electrons. The Morgan fingerprint density at radius 2 is 1.59 bits per heavy atom. The zero-order valence-corrected chi connectivity index (χ0v) is 12.5. The van der Waals surface area contributed by atoms with E-state index in [4.69, 9.17) is 0 Å². The quantitative estimate of drug-likeness (QED) is 0.631. The highest BCUT2D eigenvalue weighted by Crippen LogP contribution is 2.51. The number of hydrogen-bond acceptors (Lipinski definition) is 0.